The van der Waals surface area contributed by atoms with Crippen molar-refractivity contribution in [3.8, 4) is 23.0 Å². The molecular formula is C22H26Cl2N2O2. The lowest BCUT2D eigenvalue weighted by Crippen LogP contribution is -1.99. The fourth-order valence-electron chi connectivity index (χ4n) is 2.84. The first-order chi connectivity index (χ1) is 12.3. The van der Waals surface area contributed by atoms with Gasteiger partial charge in [0.2, 0.25) is 0 Å². The normalized spacial score (nSPS) is 9.86. The summed E-state index contributed by atoms with van der Waals surface area (Å²) in [5, 5.41) is 0. The molecule has 0 fully saturated rings. The number of ether oxygens (including phenoxy) is 2. The fourth-order valence-corrected chi connectivity index (χ4v) is 2.84. The average molecular weight is 421 g/mol. The highest BCUT2D eigenvalue weighted by atomic mass is 35.5. The van der Waals surface area contributed by atoms with E-state index in [2.05, 4.69) is 12.1 Å². The molecule has 28 heavy (non-hydrogen) atoms. The van der Waals surface area contributed by atoms with Gasteiger partial charge in [-0.1, -0.05) is 35.4 Å². The van der Waals surface area contributed by atoms with Crippen LogP contribution in [0, 0.1) is 27.7 Å². The third kappa shape index (κ3) is 5.24. The molecule has 0 bridgehead atoms. The molecule has 0 aliphatic carbocycles. The first kappa shape index (κ1) is 23.5. The van der Waals surface area contributed by atoms with Crippen LogP contribution in [0.2, 0.25) is 0 Å². The highest BCUT2D eigenvalue weighted by Crippen LogP contribution is 2.39. The fraction of sp³-hybridized carbons (Fsp3) is 0.182. The molecule has 6 heteroatoms. The van der Waals surface area contributed by atoms with Crippen molar-refractivity contribution < 1.29 is 9.47 Å². The lowest BCUT2D eigenvalue weighted by molar-refractivity contribution is 0.459. The molecule has 150 valence electrons. The molecule has 0 aromatic heterocycles. The minimum Gasteiger partial charge on any atom is -0.455 e. The summed E-state index contributed by atoms with van der Waals surface area (Å²) >= 11 is 0. The summed E-state index contributed by atoms with van der Waals surface area (Å²) in [6.45, 7) is 8.10. The predicted molar refractivity (Wildman–Crippen MR) is 122 cm³/mol. The average Bonchev–Trinajstić information content (AvgIpc) is 2.56. The Morgan fingerprint density at radius 1 is 0.536 bits per heavy atom. The monoisotopic (exact) mass is 420 g/mol. The zero-order valence-corrected chi connectivity index (χ0v) is 18.0. The van der Waals surface area contributed by atoms with Gasteiger partial charge < -0.3 is 20.9 Å². The number of nitrogens with two attached hydrogens (primary N) is 2. The van der Waals surface area contributed by atoms with Gasteiger partial charge in [0.25, 0.3) is 0 Å². The van der Waals surface area contributed by atoms with Gasteiger partial charge in [-0.2, -0.15) is 0 Å². The number of aryl methyl sites for hydroxylation is 4. The Morgan fingerprint density at radius 2 is 0.929 bits per heavy atom. The van der Waals surface area contributed by atoms with E-state index in [1.54, 1.807) is 12.1 Å². The smallest absolute Gasteiger partial charge is 0.154 e. The Bertz CT molecular complexity index is 900. The summed E-state index contributed by atoms with van der Waals surface area (Å²) in [4.78, 5) is 0. The summed E-state index contributed by atoms with van der Waals surface area (Å²) < 4.78 is 12.0. The van der Waals surface area contributed by atoms with E-state index in [1.165, 1.54) is 11.1 Å². The maximum atomic E-state index is 6.10. The van der Waals surface area contributed by atoms with E-state index in [9.17, 15) is 0 Å². The van der Waals surface area contributed by atoms with Crippen LogP contribution in [0.1, 0.15) is 22.3 Å². The number of benzene rings is 3. The summed E-state index contributed by atoms with van der Waals surface area (Å²) in [6, 6.07) is 15.4. The molecule has 0 saturated carbocycles. The number of anilines is 2. The van der Waals surface area contributed by atoms with Crippen molar-refractivity contribution >= 4 is 36.2 Å². The lowest BCUT2D eigenvalue weighted by Gasteiger charge is -2.16. The van der Waals surface area contributed by atoms with Crippen LogP contribution in [0.5, 0.6) is 23.0 Å². The van der Waals surface area contributed by atoms with Crippen molar-refractivity contribution in [3.63, 3.8) is 0 Å². The molecule has 3 aromatic rings. The van der Waals surface area contributed by atoms with Gasteiger partial charge in [0.15, 0.2) is 11.5 Å². The Kier molecular flexibility index (Phi) is 8.03. The van der Waals surface area contributed by atoms with Crippen LogP contribution < -0.4 is 20.9 Å². The van der Waals surface area contributed by atoms with Gasteiger partial charge in [-0.3, -0.25) is 0 Å². The molecule has 0 radical (unpaired) electrons. The molecule has 3 aromatic carbocycles. The van der Waals surface area contributed by atoms with Crippen molar-refractivity contribution in [1.29, 1.82) is 0 Å². The van der Waals surface area contributed by atoms with Crippen molar-refractivity contribution in [2.45, 2.75) is 27.7 Å². The molecule has 4 nitrogen and oxygen atoms in total. The zero-order valence-electron chi connectivity index (χ0n) is 16.4. The summed E-state index contributed by atoms with van der Waals surface area (Å²) in [5.41, 5.74) is 17.6. The zero-order chi connectivity index (χ0) is 18.8. The van der Waals surface area contributed by atoms with Crippen molar-refractivity contribution in [1.82, 2.24) is 0 Å². The van der Waals surface area contributed by atoms with E-state index in [1.807, 2.05) is 52.0 Å². The molecule has 3 rings (SSSR count). The SMILES string of the molecule is Cc1ccc(Oc2cc(Oc3ccc(C)cc3C)c(N)cc2N)c(C)c1.Cl.Cl. The summed E-state index contributed by atoms with van der Waals surface area (Å²) in [5.74, 6) is 2.55. The molecule has 4 N–H and O–H groups in total. The van der Waals surface area contributed by atoms with Crippen LogP contribution >= 0.6 is 24.8 Å². The second-order valence-corrected chi connectivity index (χ2v) is 6.67. The first-order valence-electron chi connectivity index (χ1n) is 8.52. The van der Waals surface area contributed by atoms with E-state index in [0.29, 0.717) is 22.9 Å². The summed E-state index contributed by atoms with van der Waals surface area (Å²) in [6.07, 6.45) is 0. The molecule has 0 unspecified atom stereocenters. The maximum absolute atomic E-state index is 6.10. The highest BCUT2D eigenvalue weighted by Gasteiger charge is 2.12. The van der Waals surface area contributed by atoms with E-state index in [0.717, 1.165) is 22.6 Å². The third-order valence-corrected chi connectivity index (χ3v) is 4.24. The summed E-state index contributed by atoms with van der Waals surface area (Å²) in [7, 11) is 0. The molecule has 0 amide bonds. The van der Waals surface area contributed by atoms with Crippen molar-refractivity contribution in [2.24, 2.45) is 0 Å². The molecule has 0 spiro atoms. The Hall–Kier alpha value is -2.56. The van der Waals surface area contributed by atoms with Crippen LogP contribution in [0.15, 0.2) is 48.5 Å². The Labute approximate surface area is 178 Å². The minimum atomic E-state index is 0. The minimum absolute atomic E-state index is 0. The largest absolute Gasteiger partial charge is 0.455 e. The van der Waals surface area contributed by atoms with E-state index in [4.69, 9.17) is 20.9 Å². The molecule has 0 heterocycles. The van der Waals surface area contributed by atoms with Crippen LogP contribution in [0.25, 0.3) is 0 Å². The van der Waals surface area contributed by atoms with Crippen LogP contribution in [-0.2, 0) is 0 Å². The van der Waals surface area contributed by atoms with Crippen LogP contribution in [0.3, 0.4) is 0 Å². The second-order valence-electron chi connectivity index (χ2n) is 6.67. The standard InChI is InChI=1S/C22H24N2O2.2ClH/c1-13-5-7-19(15(3)9-13)25-21-12-22(18(24)11-17(21)23)26-20-8-6-14(2)10-16(20)4;;/h5-12H,23-24H2,1-4H3;2*1H. The number of hydrogen-bond donors (Lipinski definition) is 2. The van der Waals surface area contributed by atoms with E-state index in [-0.39, 0.29) is 24.8 Å². The molecular weight excluding hydrogens is 395 g/mol. The van der Waals surface area contributed by atoms with Gasteiger partial charge in [0, 0.05) is 6.07 Å². The van der Waals surface area contributed by atoms with E-state index >= 15 is 0 Å². The number of rotatable bonds is 4. The lowest BCUT2D eigenvalue weighted by atomic mass is 10.1. The Balaban J connectivity index is 0.00000196. The third-order valence-electron chi connectivity index (χ3n) is 4.24. The molecule has 0 aliphatic rings. The number of nitrogen functional groups attached to an aromatic ring is 2. The molecule has 0 saturated heterocycles. The van der Waals surface area contributed by atoms with Gasteiger partial charge in [-0.25, -0.2) is 0 Å². The number of hydrogen-bond acceptors (Lipinski definition) is 4. The predicted octanol–water partition coefficient (Wildman–Crippen LogP) is 6.51. The van der Waals surface area contributed by atoms with Gasteiger partial charge in [-0.15, -0.1) is 24.8 Å². The second kappa shape index (κ2) is 9.58. The van der Waals surface area contributed by atoms with Gasteiger partial charge >= 0.3 is 0 Å². The van der Waals surface area contributed by atoms with Crippen molar-refractivity contribution in [2.75, 3.05) is 11.5 Å². The molecule has 0 atom stereocenters. The van der Waals surface area contributed by atoms with Gasteiger partial charge in [0.1, 0.15) is 11.5 Å². The molecule has 0 aliphatic heterocycles. The van der Waals surface area contributed by atoms with Gasteiger partial charge in [-0.05, 0) is 57.0 Å². The van der Waals surface area contributed by atoms with Crippen LogP contribution in [0.4, 0.5) is 11.4 Å². The highest BCUT2D eigenvalue weighted by molar-refractivity contribution is 5.85. The maximum Gasteiger partial charge on any atom is 0.154 e. The quantitative estimate of drug-likeness (QED) is 0.471. The van der Waals surface area contributed by atoms with E-state index < -0.39 is 0 Å². The Morgan fingerprint density at radius 3 is 1.29 bits per heavy atom. The topological polar surface area (TPSA) is 70.5 Å². The number of halogens is 2. The first-order valence-corrected chi connectivity index (χ1v) is 8.52. The van der Waals surface area contributed by atoms with Crippen molar-refractivity contribution in [3.05, 3.63) is 70.8 Å². The van der Waals surface area contributed by atoms with Gasteiger partial charge in [0.05, 0.1) is 11.4 Å². The van der Waals surface area contributed by atoms with Crippen LogP contribution in [-0.4, -0.2) is 0 Å².